The summed E-state index contributed by atoms with van der Waals surface area (Å²) in [6.45, 7) is 0.435. The number of hydrazone groups is 1. The van der Waals surface area contributed by atoms with Crippen LogP contribution in [0.4, 0.5) is 0 Å². The SMILES string of the molecule is O=C1[C@H]2C3c4ccccc4C(c4ccccc43)[C@@H]2C(=O)N1/N=C\c1cccc(OCc2ccc(Br)cc2)c1. The van der Waals surface area contributed by atoms with Gasteiger partial charge in [0.1, 0.15) is 12.4 Å². The molecule has 5 nitrogen and oxygen atoms in total. The van der Waals surface area contributed by atoms with E-state index in [1.807, 2.05) is 72.8 Å². The van der Waals surface area contributed by atoms with Gasteiger partial charge in [0.15, 0.2) is 0 Å². The van der Waals surface area contributed by atoms with E-state index in [0.29, 0.717) is 12.4 Å². The summed E-state index contributed by atoms with van der Waals surface area (Å²) in [6, 6.07) is 31.9. The van der Waals surface area contributed by atoms with Crippen LogP contribution >= 0.6 is 15.9 Å². The Hall–Kier alpha value is -4.03. The Balaban J connectivity index is 1.15. The standard InChI is InChI=1S/C32H23BrN2O3/c33-21-14-12-19(13-15-21)18-38-22-7-5-6-20(16-22)17-34-35-31(36)29-27-23-8-1-2-9-24(23)28(30(29)32(35)37)26-11-4-3-10-25(26)27/h1-17,27-30H,18H2/b34-17-/t27?,28?,29-,30-/m0/s1. The molecule has 0 radical (unpaired) electrons. The summed E-state index contributed by atoms with van der Waals surface area (Å²) in [7, 11) is 0. The van der Waals surface area contributed by atoms with Crippen LogP contribution in [0.2, 0.25) is 0 Å². The van der Waals surface area contributed by atoms with Gasteiger partial charge in [0.25, 0.3) is 11.8 Å². The van der Waals surface area contributed by atoms with Crippen molar-refractivity contribution in [2.45, 2.75) is 18.4 Å². The summed E-state index contributed by atoms with van der Waals surface area (Å²) in [5, 5.41) is 5.52. The molecule has 2 bridgehead atoms. The Labute approximate surface area is 228 Å². The summed E-state index contributed by atoms with van der Waals surface area (Å²) < 4.78 is 6.97. The molecule has 1 fully saturated rings. The predicted molar refractivity (Wildman–Crippen MR) is 148 cm³/mol. The number of rotatable bonds is 5. The van der Waals surface area contributed by atoms with Gasteiger partial charge < -0.3 is 4.74 Å². The Morgan fingerprint density at radius 2 is 1.29 bits per heavy atom. The first kappa shape index (κ1) is 23.1. The van der Waals surface area contributed by atoms with Gasteiger partial charge in [0, 0.05) is 16.3 Å². The van der Waals surface area contributed by atoms with E-state index >= 15 is 0 Å². The molecule has 0 aromatic heterocycles. The van der Waals surface area contributed by atoms with Crippen LogP contribution in [0.15, 0.2) is 107 Å². The van der Waals surface area contributed by atoms with Gasteiger partial charge in [0.05, 0.1) is 18.1 Å². The van der Waals surface area contributed by atoms with E-state index in [-0.39, 0.29) is 23.7 Å². The van der Waals surface area contributed by atoms with Crippen molar-refractivity contribution < 1.29 is 14.3 Å². The second-order valence-corrected chi connectivity index (χ2v) is 10.9. The molecule has 6 heteroatoms. The second-order valence-electron chi connectivity index (χ2n) is 9.99. The molecule has 1 aliphatic heterocycles. The Morgan fingerprint density at radius 1 is 0.737 bits per heavy atom. The number of imide groups is 1. The molecule has 0 unspecified atom stereocenters. The van der Waals surface area contributed by atoms with Crippen LogP contribution < -0.4 is 4.74 Å². The third kappa shape index (κ3) is 3.63. The molecule has 3 aliphatic carbocycles. The molecular formula is C32H23BrN2O3. The number of ether oxygens (including phenoxy) is 1. The highest BCUT2D eigenvalue weighted by molar-refractivity contribution is 9.10. The quantitative estimate of drug-likeness (QED) is 0.213. The number of carbonyl (C=O) groups excluding carboxylic acids is 2. The first-order valence-corrected chi connectivity index (χ1v) is 13.5. The van der Waals surface area contributed by atoms with Crippen LogP contribution in [0, 0.1) is 11.8 Å². The van der Waals surface area contributed by atoms with Crippen molar-refractivity contribution in [2.75, 3.05) is 0 Å². The lowest BCUT2D eigenvalue weighted by atomic mass is 9.55. The molecule has 2 atom stereocenters. The minimum Gasteiger partial charge on any atom is -0.489 e. The van der Waals surface area contributed by atoms with Gasteiger partial charge in [-0.2, -0.15) is 10.1 Å². The fourth-order valence-corrected chi connectivity index (χ4v) is 6.60. The number of halogens is 1. The van der Waals surface area contributed by atoms with Crippen LogP contribution in [-0.2, 0) is 16.2 Å². The first-order chi connectivity index (χ1) is 18.6. The Bertz CT molecular complexity index is 1500. The lowest BCUT2D eigenvalue weighted by Crippen LogP contribution is -2.41. The molecule has 38 heavy (non-hydrogen) atoms. The van der Waals surface area contributed by atoms with Gasteiger partial charge >= 0.3 is 0 Å². The summed E-state index contributed by atoms with van der Waals surface area (Å²) >= 11 is 3.44. The van der Waals surface area contributed by atoms with E-state index in [0.717, 1.165) is 42.9 Å². The summed E-state index contributed by atoms with van der Waals surface area (Å²) in [6.07, 6.45) is 1.57. The van der Waals surface area contributed by atoms with Crippen LogP contribution in [0.1, 0.15) is 45.2 Å². The topological polar surface area (TPSA) is 59.0 Å². The van der Waals surface area contributed by atoms with Gasteiger partial charge in [-0.15, -0.1) is 0 Å². The van der Waals surface area contributed by atoms with Crippen molar-refractivity contribution >= 4 is 34.0 Å². The summed E-state index contributed by atoms with van der Waals surface area (Å²) in [4.78, 5) is 27.4. The van der Waals surface area contributed by atoms with Crippen LogP contribution in [-0.4, -0.2) is 23.0 Å². The molecule has 1 saturated heterocycles. The Kier molecular flexibility index (Phi) is 5.51. The zero-order valence-corrected chi connectivity index (χ0v) is 21.9. The number of carbonyl (C=O) groups is 2. The highest BCUT2D eigenvalue weighted by Gasteiger charge is 2.61. The second kappa shape index (κ2) is 9.07. The van der Waals surface area contributed by atoms with E-state index in [9.17, 15) is 9.59 Å². The monoisotopic (exact) mass is 562 g/mol. The number of nitrogens with zero attached hydrogens (tertiary/aromatic N) is 2. The van der Waals surface area contributed by atoms with Gasteiger partial charge in [-0.05, 0) is 57.6 Å². The first-order valence-electron chi connectivity index (χ1n) is 12.7. The van der Waals surface area contributed by atoms with Crippen molar-refractivity contribution in [1.82, 2.24) is 5.01 Å². The van der Waals surface area contributed by atoms with Gasteiger partial charge in [0.2, 0.25) is 0 Å². The van der Waals surface area contributed by atoms with Crippen molar-refractivity contribution in [3.05, 3.63) is 135 Å². The molecule has 0 spiro atoms. The largest absolute Gasteiger partial charge is 0.489 e. The normalized spacial score (nSPS) is 22.9. The minimum absolute atomic E-state index is 0.135. The van der Waals surface area contributed by atoms with Crippen molar-refractivity contribution in [1.29, 1.82) is 0 Å². The molecule has 4 aliphatic rings. The highest BCUT2D eigenvalue weighted by Crippen LogP contribution is 2.60. The Morgan fingerprint density at radius 3 is 1.84 bits per heavy atom. The van der Waals surface area contributed by atoms with Gasteiger partial charge in [-0.25, -0.2) is 0 Å². The van der Waals surface area contributed by atoms with E-state index < -0.39 is 11.8 Å². The molecule has 8 rings (SSSR count). The van der Waals surface area contributed by atoms with E-state index in [1.54, 1.807) is 6.21 Å². The fourth-order valence-electron chi connectivity index (χ4n) is 6.33. The molecule has 4 aromatic carbocycles. The maximum atomic E-state index is 13.7. The van der Waals surface area contributed by atoms with E-state index in [2.05, 4.69) is 45.3 Å². The average Bonchev–Trinajstić information content (AvgIpc) is 3.21. The number of hydrogen-bond acceptors (Lipinski definition) is 4. The third-order valence-corrected chi connectivity index (χ3v) is 8.45. The molecule has 0 saturated carbocycles. The summed E-state index contributed by atoms with van der Waals surface area (Å²) in [5.74, 6) is -0.900. The van der Waals surface area contributed by atoms with Gasteiger partial charge in [-0.1, -0.05) is 88.7 Å². The third-order valence-electron chi connectivity index (χ3n) is 7.92. The number of benzene rings is 4. The van der Waals surface area contributed by atoms with Crippen molar-refractivity contribution in [3.63, 3.8) is 0 Å². The zero-order valence-electron chi connectivity index (χ0n) is 20.3. The minimum atomic E-state index is -0.435. The van der Waals surface area contributed by atoms with Crippen molar-refractivity contribution in [3.8, 4) is 5.75 Å². The van der Waals surface area contributed by atoms with Crippen LogP contribution in [0.5, 0.6) is 5.75 Å². The van der Waals surface area contributed by atoms with E-state index in [4.69, 9.17) is 4.74 Å². The van der Waals surface area contributed by atoms with Gasteiger partial charge in [-0.3, -0.25) is 9.59 Å². The summed E-state index contributed by atoms with van der Waals surface area (Å²) in [5.41, 5.74) is 6.42. The average molecular weight is 563 g/mol. The molecular weight excluding hydrogens is 540 g/mol. The van der Waals surface area contributed by atoms with Crippen LogP contribution in [0.25, 0.3) is 0 Å². The molecule has 1 heterocycles. The lowest BCUT2D eigenvalue weighted by molar-refractivity contribution is -0.139. The fraction of sp³-hybridized carbons (Fsp3) is 0.156. The predicted octanol–water partition coefficient (Wildman–Crippen LogP) is 6.25. The molecule has 0 N–H and O–H groups in total. The lowest BCUT2D eigenvalue weighted by Gasteiger charge is -2.45. The maximum Gasteiger partial charge on any atom is 0.254 e. The van der Waals surface area contributed by atoms with Crippen LogP contribution in [0.3, 0.4) is 0 Å². The molecule has 4 aromatic rings. The maximum absolute atomic E-state index is 13.7. The molecule has 2 amide bonds. The van der Waals surface area contributed by atoms with Crippen molar-refractivity contribution in [2.24, 2.45) is 16.9 Å². The number of amides is 2. The smallest absolute Gasteiger partial charge is 0.254 e. The highest BCUT2D eigenvalue weighted by atomic mass is 79.9. The zero-order chi connectivity index (χ0) is 25.8. The molecule has 186 valence electrons. The van der Waals surface area contributed by atoms with E-state index in [1.165, 1.54) is 0 Å². The number of hydrogen-bond donors (Lipinski definition) is 0.